The lowest BCUT2D eigenvalue weighted by Gasteiger charge is -2.21. The normalized spacial score (nSPS) is 16.6. The van der Waals surface area contributed by atoms with Crippen LogP contribution >= 0.6 is 11.6 Å². The predicted molar refractivity (Wildman–Crippen MR) is 98.9 cm³/mol. The molecule has 0 aliphatic carbocycles. The van der Waals surface area contributed by atoms with Crippen molar-refractivity contribution in [2.45, 2.75) is 19.4 Å². The minimum Gasteiger partial charge on any atom is -0.326 e. The number of para-hydroxylation sites is 1. The summed E-state index contributed by atoms with van der Waals surface area (Å²) in [6.07, 6.45) is -0.00852. The monoisotopic (exact) mass is 356 g/mol. The van der Waals surface area contributed by atoms with Crippen LogP contribution < -0.4 is 16.0 Å². The lowest BCUT2D eigenvalue weighted by atomic mass is 10.1. The van der Waals surface area contributed by atoms with Crippen LogP contribution in [0.3, 0.4) is 0 Å². The summed E-state index contributed by atoms with van der Waals surface area (Å²) in [5.41, 5.74) is 2.15. The maximum Gasteiger partial charge on any atom is 0.249 e. The maximum absolute atomic E-state index is 12.5. The van der Waals surface area contributed by atoms with Gasteiger partial charge in [0.1, 0.15) is 6.04 Å². The summed E-state index contributed by atoms with van der Waals surface area (Å²) in [7, 11) is 0. The molecule has 0 unspecified atom stereocenters. The van der Waals surface area contributed by atoms with Crippen molar-refractivity contribution in [3.05, 3.63) is 59.1 Å². The van der Waals surface area contributed by atoms with E-state index in [0.717, 1.165) is 11.3 Å². The van der Waals surface area contributed by atoms with Crippen molar-refractivity contribution in [1.82, 2.24) is 5.32 Å². The number of anilines is 2. The van der Waals surface area contributed by atoms with E-state index in [1.54, 1.807) is 18.2 Å². The minimum atomic E-state index is -0.807. The van der Waals surface area contributed by atoms with E-state index in [1.165, 1.54) is 0 Å². The molecule has 128 valence electrons. The molecule has 1 aliphatic rings. The Hall–Kier alpha value is -2.86. The topological polar surface area (TPSA) is 82.6 Å². The summed E-state index contributed by atoms with van der Waals surface area (Å²) in [5.74, 6) is -0.366. The molecule has 0 aromatic heterocycles. The van der Waals surface area contributed by atoms with Crippen LogP contribution in [-0.4, -0.2) is 23.8 Å². The molecule has 7 heteroatoms. The van der Waals surface area contributed by atoms with E-state index in [9.17, 15) is 9.59 Å². The second-order valence-electron chi connectivity index (χ2n) is 5.64. The van der Waals surface area contributed by atoms with E-state index in [-0.39, 0.29) is 24.2 Å². The molecule has 25 heavy (non-hydrogen) atoms. The first kappa shape index (κ1) is 17.0. The average molecular weight is 357 g/mol. The molecule has 0 spiro atoms. The van der Waals surface area contributed by atoms with Crippen molar-refractivity contribution < 1.29 is 9.59 Å². The van der Waals surface area contributed by atoms with Crippen LogP contribution in [0.5, 0.6) is 0 Å². The third kappa shape index (κ3) is 4.16. The number of halogens is 1. The van der Waals surface area contributed by atoms with Gasteiger partial charge in [0.05, 0.1) is 6.42 Å². The minimum absolute atomic E-state index is 0.00852. The highest BCUT2D eigenvalue weighted by molar-refractivity contribution is 6.31. The van der Waals surface area contributed by atoms with Gasteiger partial charge in [0.15, 0.2) is 0 Å². The molecule has 2 aromatic carbocycles. The number of nitrogens with one attached hydrogen (secondary N) is 3. The standard InChI is InChI=1S/C18H17ClN4O2/c1-11-13(19)8-5-9-14(11)21-17(25)15-10-16(24)23-18(22-15)20-12-6-3-2-4-7-12/h2-9,15H,10H2,1H3,(H,21,25)(H2,20,22,23,24)/t15-/m0/s1. The van der Waals surface area contributed by atoms with Gasteiger partial charge in [0.2, 0.25) is 17.8 Å². The molecule has 6 nitrogen and oxygen atoms in total. The van der Waals surface area contributed by atoms with E-state index in [0.29, 0.717) is 10.7 Å². The van der Waals surface area contributed by atoms with Crippen LogP contribution in [0.1, 0.15) is 12.0 Å². The van der Waals surface area contributed by atoms with Crippen LogP contribution in [0.4, 0.5) is 11.4 Å². The van der Waals surface area contributed by atoms with Gasteiger partial charge < -0.3 is 10.6 Å². The number of nitrogens with zero attached hydrogens (tertiary/aromatic N) is 1. The highest BCUT2D eigenvalue weighted by atomic mass is 35.5. The lowest BCUT2D eigenvalue weighted by Crippen LogP contribution is -2.45. The molecule has 0 saturated heterocycles. The SMILES string of the molecule is Cc1c(Cl)cccc1NC(=O)[C@@H]1CC(=O)NC(Nc2ccccc2)=N1. The molecule has 2 aromatic rings. The van der Waals surface area contributed by atoms with Gasteiger partial charge in [-0.3, -0.25) is 14.9 Å². The summed E-state index contributed by atoms with van der Waals surface area (Å²) < 4.78 is 0. The molecule has 1 heterocycles. The van der Waals surface area contributed by atoms with E-state index in [2.05, 4.69) is 20.9 Å². The van der Waals surface area contributed by atoms with E-state index < -0.39 is 6.04 Å². The maximum atomic E-state index is 12.5. The first-order chi connectivity index (χ1) is 12.0. The van der Waals surface area contributed by atoms with Crippen molar-refractivity contribution >= 4 is 40.7 Å². The number of hydrogen-bond donors (Lipinski definition) is 3. The number of benzene rings is 2. The van der Waals surface area contributed by atoms with Gasteiger partial charge in [0, 0.05) is 16.4 Å². The summed E-state index contributed by atoms with van der Waals surface area (Å²) in [6, 6.07) is 13.7. The number of amides is 2. The Morgan fingerprint density at radius 1 is 1.20 bits per heavy atom. The smallest absolute Gasteiger partial charge is 0.249 e. The number of carbonyl (C=O) groups excluding carboxylic acids is 2. The molecule has 0 saturated carbocycles. The Morgan fingerprint density at radius 3 is 2.72 bits per heavy atom. The zero-order chi connectivity index (χ0) is 17.8. The predicted octanol–water partition coefficient (Wildman–Crippen LogP) is 2.94. The first-order valence-corrected chi connectivity index (χ1v) is 8.16. The molecule has 0 radical (unpaired) electrons. The fourth-order valence-electron chi connectivity index (χ4n) is 2.42. The number of rotatable bonds is 3. The third-order valence-electron chi connectivity index (χ3n) is 3.79. The largest absolute Gasteiger partial charge is 0.326 e. The number of carbonyl (C=O) groups is 2. The molecule has 3 rings (SSSR count). The Labute approximate surface area is 150 Å². The molecule has 1 aliphatic heterocycles. The van der Waals surface area contributed by atoms with Gasteiger partial charge in [-0.05, 0) is 36.8 Å². The molecular formula is C18H17ClN4O2. The molecule has 3 N–H and O–H groups in total. The van der Waals surface area contributed by atoms with Gasteiger partial charge >= 0.3 is 0 Å². The third-order valence-corrected chi connectivity index (χ3v) is 4.20. The Morgan fingerprint density at radius 2 is 1.96 bits per heavy atom. The van der Waals surface area contributed by atoms with Crippen LogP contribution in [0.2, 0.25) is 5.02 Å². The molecule has 0 fully saturated rings. The fraction of sp³-hybridized carbons (Fsp3) is 0.167. The second kappa shape index (κ2) is 7.36. The second-order valence-corrected chi connectivity index (χ2v) is 6.05. The summed E-state index contributed by atoms with van der Waals surface area (Å²) in [4.78, 5) is 28.7. The fourth-order valence-corrected chi connectivity index (χ4v) is 2.60. The quantitative estimate of drug-likeness (QED) is 0.790. The van der Waals surface area contributed by atoms with Gasteiger partial charge in [-0.1, -0.05) is 35.9 Å². The Bertz CT molecular complexity index is 836. The van der Waals surface area contributed by atoms with Crippen molar-refractivity contribution in [3.63, 3.8) is 0 Å². The highest BCUT2D eigenvalue weighted by Gasteiger charge is 2.27. The Kier molecular flexibility index (Phi) is 5.00. The van der Waals surface area contributed by atoms with Crippen molar-refractivity contribution in [2.75, 3.05) is 10.6 Å². The number of hydrogen-bond acceptors (Lipinski definition) is 4. The van der Waals surface area contributed by atoms with Crippen molar-refractivity contribution in [2.24, 2.45) is 4.99 Å². The van der Waals surface area contributed by atoms with Gasteiger partial charge in [0.25, 0.3) is 0 Å². The van der Waals surface area contributed by atoms with Crippen molar-refractivity contribution in [1.29, 1.82) is 0 Å². The zero-order valence-corrected chi connectivity index (χ0v) is 14.3. The van der Waals surface area contributed by atoms with Gasteiger partial charge in [-0.2, -0.15) is 0 Å². The van der Waals surface area contributed by atoms with E-state index in [4.69, 9.17) is 11.6 Å². The summed E-state index contributed by atoms with van der Waals surface area (Å²) in [5, 5.41) is 8.98. The summed E-state index contributed by atoms with van der Waals surface area (Å²) >= 11 is 6.07. The van der Waals surface area contributed by atoms with Crippen LogP contribution in [0.25, 0.3) is 0 Å². The number of aliphatic imine (C=N–C) groups is 1. The molecule has 1 atom stereocenters. The molecular weight excluding hydrogens is 340 g/mol. The van der Waals surface area contributed by atoms with Crippen molar-refractivity contribution in [3.8, 4) is 0 Å². The van der Waals surface area contributed by atoms with Gasteiger partial charge in [-0.25, -0.2) is 4.99 Å². The first-order valence-electron chi connectivity index (χ1n) is 7.78. The summed E-state index contributed by atoms with van der Waals surface area (Å²) in [6.45, 7) is 1.82. The number of guanidine groups is 1. The van der Waals surface area contributed by atoms with Crippen LogP contribution in [0.15, 0.2) is 53.5 Å². The molecule has 2 amide bonds. The average Bonchev–Trinajstić information content (AvgIpc) is 2.59. The molecule has 0 bridgehead atoms. The lowest BCUT2D eigenvalue weighted by molar-refractivity contribution is -0.124. The van der Waals surface area contributed by atoms with Crippen LogP contribution in [0, 0.1) is 6.92 Å². The zero-order valence-electron chi connectivity index (χ0n) is 13.5. The highest BCUT2D eigenvalue weighted by Crippen LogP contribution is 2.23. The van der Waals surface area contributed by atoms with Gasteiger partial charge in [-0.15, -0.1) is 0 Å². The van der Waals surface area contributed by atoms with E-state index in [1.807, 2.05) is 37.3 Å². The Balaban J connectivity index is 1.76. The van der Waals surface area contributed by atoms with Crippen LogP contribution in [-0.2, 0) is 9.59 Å². The van der Waals surface area contributed by atoms with E-state index >= 15 is 0 Å².